The molecule has 1 aliphatic heterocycles. The Morgan fingerprint density at radius 2 is 2.14 bits per heavy atom. The molecule has 14 heavy (non-hydrogen) atoms. The number of rotatable bonds is 1. The van der Waals surface area contributed by atoms with Gasteiger partial charge in [-0.1, -0.05) is 23.2 Å². The molecule has 0 aliphatic carbocycles. The summed E-state index contributed by atoms with van der Waals surface area (Å²) in [6, 6.07) is 3.39. The molecule has 2 rings (SSSR count). The largest absolute Gasteiger partial charge is 0.397 e. The topological polar surface area (TPSA) is 50.4 Å². The average Bonchev–Trinajstić information content (AvgIpc) is 2.63. The second-order valence-corrected chi connectivity index (χ2v) is 3.85. The second kappa shape index (κ2) is 3.67. The monoisotopic (exact) mass is 229 g/mol. The maximum Gasteiger partial charge on any atom is 0.130 e. The van der Waals surface area contributed by atoms with E-state index in [2.05, 4.69) is 10.3 Å². The lowest BCUT2D eigenvalue weighted by Crippen LogP contribution is -2.20. The van der Waals surface area contributed by atoms with Crippen LogP contribution in [0.5, 0.6) is 0 Å². The van der Waals surface area contributed by atoms with E-state index in [4.69, 9.17) is 28.9 Å². The van der Waals surface area contributed by atoms with Crippen LogP contribution in [0.25, 0.3) is 0 Å². The number of nitrogens with zero attached hydrogens (tertiary/aromatic N) is 1. The number of hydrogen-bond donors (Lipinski definition) is 2. The number of nitrogens with two attached hydrogens (primary N) is 1. The Kier molecular flexibility index (Phi) is 2.52. The van der Waals surface area contributed by atoms with E-state index in [1.165, 1.54) is 0 Å². The lowest BCUT2D eigenvalue weighted by molar-refractivity contribution is 0.960. The molecule has 0 saturated carbocycles. The van der Waals surface area contributed by atoms with Crippen LogP contribution < -0.4 is 11.1 Å². The number of amidine groups is 1. The number of anilines is 1. The van der Waals surface area contributed by atoms with Gasteiger partial charge in [0.15, 0.2) is 0 Å². The molecular formula is C9H9Cl2N3. The zero-order chi connectivity index (χ0) is 10.1. The molecule has 5 heteroatoms. The van der Waals surface area contributed by atoms with Gasteiger partial charge in [-0.15, -0.1) is 0 Å². The van der Waals surface area contributed by atoms with Crippen LogP contribution in [0.1, 0.15) is 5.56 Å². The summed E-state index contributed by atoms with van der Waals surface area (Å²) in [5.41, 5.74) is 7.12. The Balaban J connectivity index is 2.51. The van der Waals surface area contributed by atoms with E-state index < -0.39 is 0 Å². The minimum Gasteiger partial charge on any atom is -0.397 e. The molecule has 3 nitrogen and oxygen atoms in total. The first kappa shape index (κ1) is 9.62. The molecule has 1 heterocycles. The van der Waals surface area contributed by atoms with Gasteiger partial charge in [0.1, 0.15) is 5.84 Å². The van der Waals surface area contributed by atoms with Gasteiger partial charge in [-0.3, -0.25) is 4.99 Å². The summed E-state index contributed by atoms with van der Waals surface area (Å²) in [7, 11) is 0. The van der Waals surface area contributed by atoms with E-state index >= 15 is 0 Å². The highest BCUT2D eigenvalue weighted by Gasteiger charge is 2.14. The molecule has 3 N–H and O–H groups in total. The molecule has 0 spiro atoms. The van der Waals surface area contributed by atoms with E-state index in [0.717, 1.165) is 24.5 Å². The van der Waals surface area contributed by atoms with Crippen molar-refractivity contribution in [2.45, 2.75) is 0 Å². The number of benzene rings is 1. The van der Waals surface area contributed by atoms with Gasteiger partial charge >= 0.3 is 0 Å². The highest BCUT2D eigenvalue weighted by Crippen LogP contribution is 2.27. The first-order chi connectivity index (χ1) is 6.68. The van der Waals surface area contributed by atoms with E-state index in [0.29, 0.717) is 15.7 Å². The van der Waals surface area contributed by atoms with Crippen molar-refractivity contribution < 1.29 is 0 Å². The Hall–Kier alpha value is -0.930. The van der Waals surface area contributed by atoms with Crippen LogP contribution in [-0.4, -0.2) is 18.9 Å². The van der Waals surface area contributed by atoms with Gasteiger partial charge in [0.25, 0.3) is 0 Å². The fourth-order valence-electron chi connectivity index (χ4n) is 1.36. The van der Waals surface area contributed by atoms with Crippen LogP contribution in [0.3, 0.4) is 0 Å². The fraction of sp³-hybridized carbons (Fsp3) is 0.222. The summed E-state index contributed by atoms with van der Waals surface area (Å²) < 4.78 is 0. The van der Waals surface area contributed by atoms with Gasteiger partial charge in [0, 0.05) is 17.1 Å². The molecule has 0 amide bonds. The number of halogens is 2. The molecule has 0 unspecified atom stereocenters. The molecule has 74 valence electrons. The third kappa shape index (κ3) is 1.65. The Morgan fingerprint density at radius 1 is 1.36 bits per heavy atom. The minimum absolute atomic E-state index is 0.462. The lowest BCUT2D eigenvalue weighted by atomic mass is 10.1. The Bertz CT molecular complexity index is 401. The molecule has 0 saturated heterocycles. The van der Waals surface area contributed by atoms with Crippen molar-refractivity contribution in [3.05, 3.63) is 27.7 Å². The van der Waals surface area contributed by atoms with Gasteiger partial charge < -0.3 is 11.1 Å². The first-order valence-electron chi connectivity index (χ1n) is 4.21. The van der Waals surface area contributed by atoms with Crippen LogP contribution >= 0.6 is 23.2 Å². The third-order valence-electron chi connectivity index (χ3n) is 2.02. The molecule has 0 atom stereocenters. The van der Waals surface area contributed by atoms with Crippen molar-refractivity contribution in [1.82, 2.24) is 5.32 Å². The van der Waals surface area contributed by atoms with Crippen molar-refractivity contribution >= 4 is 34.7 Å². The Labute approximate surface area is 91.9 Å². The van der Waals surface area contributed by atoms with Crippen LogP contribution in [0.15, 0.2) is 17.1 Å². The minimum atomic E-state index is 0.462. The highest BCUT2D eigenvalue weighted by atomic mass is 35.5. The van der Waals surface area contributed by atoms with Crippen molar-refractivity contribution in [1.29, 1.82) is 0 Å². The highest BCUT2D eigenvalue weighted by molar-refractivity contribution is 6.37. The fourth-order valence-corrected chi connectivity index (χ4v) is 1.85. The van der Waals surface area contributed by atoms with Crippen molar-refractivity contribution in [2.24, 2.45) is 4.99 Å². The molecule has 1 aromatic carbocycles. The molecule has 1 aliphatic rings. The number of nitrogens with one attached hydrogen (secondary N) is 1. The number of nitrogen functional groups attached to an aromatic ring is 1. The SMILES string of the molecule is Nc1c(Cl)cc(Cl)cc1C1=NCCN1. The summed E-state index contributed by atoms with van der Waals surface area (Å²) in [4.78, 5) is 4.26. The summed E-state index contributed by atoms with van der Waals surface area (Å²) in [5, 5.41) is 4.15. The molecule has 0 radical (unpaired) electrons. The normalized spacial score (nSPS) is 15.1. The van der Waals surface area contributed by atoms with Crippen molar-refractivity contribution in [3.63, 3.8) is 0 Å². The molecule has 0 aromatic heterocycles. The Morgan fingerprint density at radius 3 is 2.79 bits per heavy atom. The first-order valence-corrected chi connectivity index (χ1v) is 4.97. The quantitative estimate of drug-likeness (QED) is 0.724. The van der Waals surface area contributed by atoms with E-state index in [1.807, 2.05) is 0 Å². The van der Waals surface area contributed by atoms with Gasteiger partial charge in [0.2, 0.25) is 0 Å². The lowest BCUT2D eigenvalue weighted by Gasteiger charge is -2.08. The summed E-state index contributed by atoms with van der Waals surface area (Å²) in [5.74, 6) is 0.770. The number of hydrogen-bond acceptors (Lipinski definition) is 3. The summed E-state index contributed by atoms with van der Waals surface area (Å²) in [6.07, 6.45) is 0. The second-order valence-electron chi connectivity index (χ2n) is 3.01. The zero-order valence-electron chi connectivity index (χ0n) is 7.35. The van der Waals surface area contributed by atoms with Crippen molar-refractivity contribution in [3.8, 4) is 0 Å². The maximum atomic E-state index is 5.91. The van der Waals surface area contributed by atoms with E-state index in [1.54, 1.807) is 12.1 Å². The molecular weight excluding hydrogens is 221 g/mol. The molecule has 1 aromatic rings. The predicted molar refractivity (Wildman–Crippen MR) is 60.3 cm³/mol. The standard InChI is InChI=1S/C9H9Cl2N3/c10-5-3-6(8(12)7(11)4-5)9-13-1-2-14-9/h3-4H,1-2,12H2,(H,13,14). The van der Waals surface area contributed by atoms with E-state index in [-0.39, 0.29) is 0 Å². The smallest absolute Gasteiger partial charge is 0.130 e. The number of aliphatic imine (C=N–C) groups is 1. The van der Waals surface area contributed by atoms with Crippen LogP contribution in [-0.2, 0) is 0 Å². The molecule has 0 fully saturated rings. The summed E-state index contributed by atoms with van der Waals surface area (Å²) in [6.45, 7) is 1.60. The van der Waals surface area contributed by atoms with Crippen molar-refractivity contribution in [2.75, 3.05) is 18.8 Å². The van der Waals surface area contributed by atoms with Crippen LogP contribution in [0, 0.1) is 0 Å². The third-order valence-corrected chi connectivity index (χ3v) is 2.55. The van der Waals surface area contributed by atoms with Crippen LogP contribution in [0.4, 0.5) is 5.69 Å². The van der Waals surface area contributed by atoms with Gasteiger partial charge in [-0.2, -0.15) is 0 Å². The average molecular weight is 230 g/mol. The summed E-state index contributed by atoms with van der Waals surface area (Å²) >= 11 is 11.8. The molecule has 0 bridgehead atoms. The van der Waals surface area contributed by atoms with Gasteiger partial charge in [0.05, 0.1) is 17.3 Å². The predicted octanol–water partition coefficient (Wildman–Crippen LogP) is 1.93. The van der Waals surface area contributed by atoms with Gasteiger partial charge in [-0.25, -0.2) is 0 Å². The zero-order valence-corrected chi connectivity index (χ0v) is 8.86. The maximum absolute atomic E-state index is 5.91. The van der Waals surface area contributed by atoms with Crippen LogP contribution in [0.2, 0.25) is 10.0 Å². The van der Waals surface area contributed by atoms with Gasteiger partial charge in [-0.05, 0) is 12.1 Å². The van der Waals surface area contributed by atoms with E-state index in [9.17, 15) is 0 Å².